The van der Waals surface area contributed by atoms with Crippen LogP contribution in [0, 0.1) is 0 Å². The van der Waals surface area contributed by atoms with Crippen LogP contribution in [0.1, 0.15) is 6.92 Å². The Morgan fingerprint density at radius 1 is 1.90 bits per heavy atom. The predicted molar refractivity (Wildman–Crippen MR) is 40.1 cm³/mol. The molecule has 0 spiro atoms. The molecule has 2 nitrogen and oxygen atoms in total. The van der Waals surface area contributed by atoms with E-state index < -0.39 is 15.9 Å². The zero-order valence-electron chi connectivity index (χ0n) is 5.53. The summed E-state index contributed by atoms with van der Waals surface area (Å²) in [5.74, 6) is -0.727. The van der Waals surface area contributed by atoms with Crippen molar-refractivity contribution in [2.75, 3.05) is 7.11 Å². The largest absolute Gasteiger partial charge is 0.468 e. The third kappa shape index (κ3) is 2.09. The molecule has 0 rings (SSSR count). The fourth-order valence-electron chi connectivity index (χ4n) is 0.289. The number of ether oxygens (including phenoxy) is 1. The zero-order valence-corrected chi connectivity index (χ0v) is 7.87. The van der Waals surface area contributed by atoms with Crippen LogP contribution in [0.4, 0.5) is 4.39 Å². The average molecular weight is 233 g/mol. The summed E-state index contributed by atoms with van der Waals surface area (Å²) in [6, 6.07) is 0. The van der Waals surface area contributed by atoms with E-state index in [-0.39, 0.29) is 0 Å². The number of esters is 1. The second-order valence-corrected chi connectivity index (χ2v) is 3.90. The SMILES string of the molecule is COC(=O)C(C)(Br)C(F)Cl. The minimum atomic E-state index is -1.79. The van der Waals surface area contributed by atoms with Crippen LogP contribution >= 0.6 is 27.5 Å². The van der Waals surface area contributed by atoms with E-state index >= 15 is 0 Å². The molecule has 5 heteroatoms. The highest BCUT2D eigenvalue weighted by molar-refractivity contribution is 9.10. The fourth-order valence-corrected chi connectivity index (χ4v) is 0.540. The summed E-state index contributed by atoms with van der Waals surface area (Å²) < 4.78 is 15.2. The van der Waals surface area contributed by atoms with Gasteiger partial charge >= 0.3 is 5.97 Å². The molecular formula is C5H7BrClFO2. The topological polar surface area (TPSA) is 26.3 Å². The predicted octanol–water partition coefficient (Wildman–Crippen LogP) is 1.85. The van der Waals surface area contributed by atoms with Gasteiger partial charge in [-0.05, 0) is 6.92 Å². The summed E-state index contributed by atoms with van der Waals surface area (Å²) in [5, 5.41) is 0. The molecule has 0 aromatic heterocycles. The van der Waals surface area contributed by atoms with Crippen LogP contribution in [-0.4, -0.2) is 23.0 Å². The first-order chi connectivity index (χ1) is 4.42. The molecule has 2 atom stereocenters. The van der Waals surface area contributed by atoms with E-state index in [4.69, 9.17) is 11.6 Å². The van der Waals surface area contributed by atoms with E-state index in [2.05, 4.69) is 20.7 Å². The lowest BCUT2D eigenvalue weighted by Crippen LogP contribution is -2.36. The highest BCUT2D eigenvalue weighted by Gasteiger charge is 2.39. The Balaban J connectivity index is 4.24. The zero-order chi connectivity index (χ0) is 8.36. The fraction of sp³-hybridized carbons (Fsp3) is 0.800. The van der Waals surface area contributed by atoms with Gasteiger partial charge in [-0.15, -0.1) is 0 Å². The Hall–Kier alpha value is 0.170. The molecule has 0 fully saturated rings. The van der Waals surface area contributed by atoms with Crippen molar-refractivity contribution >= 4 is 33.5 Å². The first-order valence-corrected chi connectivity index (χ1v) is 3.71. The van der Waals surface area contributed by atoms with Gasteiger partial charge in [-0.1, -0.05) is 27.5 Å². The Labute approximate surface area is 71.8 Å². The maximum atomic E-state index is 12.3. The normalized spacial score (nSPS) is 19.3. The summed E-state index contributed by atoms with van der Waals surface area (Å²) in [5.41, 5.74) is -1.79. The molecule has 0 saturated carbocycles. The smallest absolute Gasteiger partial charge is 0.326 e. The molecule has 2 unspecified atom stereocenters. The van der Waals surface area contributed by atoms with Gasteiger partial charge in [0.2, 0.25) is 0 Å². The molecule has 0 N–H and O–H groups in total. The van der Waals surface area contributed by atoms with Gasteiger partial charge in [0.1, 0.15) is 0 Å². The van der Waals surface area contributed by atoms with Gasteiger partial charge in [0.25, 0.3) is 0 Å². The van der Waals surface area contributed by atoms with Gasteiger partial charge < -0.3 is 4.74 Å². The number of carbonyl (C=O) groups excluding carboxylic acids is 1. The summed E-state index contributed by atoms with van der Waals surface area (Å²) in [6.45, 7) is 1.30. The van der Waals surface area contributed by atoms with Crippen LogP contribution in [0.2, 0.25) is 0 Å². The van der Waals surface area contributed by atoms with Gasteiger partial charge in [-0.2, -0.15) is 0 Å². The number of hydrogen-bond donors (Lipinski definition) is 0. The third-order valence-electron chi connectivity index (χ3n) is 0.994. The molecule has 0 amide bonds. The number of halogens is 3. The molecule has 0 saturated heterocycles. The molecule has 10 heavy (non-hydrogen) atoms. The highest BCUT2D eigenvalue weighted by Crippen LogP contribution is 2.28. The molecular weight excluding hydrogens is 226 g/mol. The van der Waals surface area contributed by atoms with Gasteiger partial charge in [-0.3, -0.25) is 4.79 Å². The quantitative estimate of drug-likeness (QED) is 0.537. The maximum absolute atomic E-state index is 12.3. The average Bonchev–Trinajstić information content (AvgIpc) is 1.86. The summed E-state index contributed by atoms with van der Waals surface area (Å²) >= 11 is 7.82. The number of alkyl halides is 3. The first-order valence-electron chi connectivity index (χ1n) is 2.48. The molecule has 0 aromatic carbocycles. The molecule has 60 valence electrons. The Kier molecular flexibility index (Phi) is 3.59. The van der Waals surface area contributed by atoms with E-state index in [9.17, 15) is 9.18 Å². The lowest BCUT2D eigenvalue weighted by Gasteiger charge is -2.18. The number of rotatable bonds is 2. The number of carbonyl (C=O) groups is 1. The van der Waals surface area contributed by atoms with Crippen molar-refractivity contribution in [3.63, 3.8) is 0 Å². The van der Waals surface area contributed by atoms with Crippen molar-refractivity contribution in [1.29, 1.82) is 0 Å². The summed E-state index contributed by atoms with van der Waals surface area (Å²) in [7, 11) is 1.17. The minimum Gasteiger partial charge on any atom is -0.468 e. The van der Waals surface area contributed by atoms with Crippen molar-refractivity contribution in [3.05, 3.63) is 0 Å². The lowest BCUT2D eigenvalue weighted by atomic mass is 10.2. The monoisotopic (exact) mass is 232 g/mol. The Morgan fingerprint density at radius 2 is 2.30 bits per heavy atom. The molecule has 0 bridgehead atoms. The van der Waals surface area contributed by atoms with E-state index in [1.165, 1.54) is 14.0 Å². The number of methoxy groups -OCH3 is 1. The van der Waals surface area contributed by atoms with Crippen LogP contribution in [0.15, 0.2) is 0 Å². The van der Waals surface area contributed by atoms with Gasteiger partial charge in [0, 0.05) is 0 Å². The number of hydrogen-bond acceptors (Lipinski definition) is 2. The van der Waals surface area contributed by atoms with Crippen molar-refractivity contribution < 1.29 is 13.9 Å². The van der Waals surface area contributed by atoms with Crippen molar-refractivity contribution in [1.82, 2.24) is 0 Å². The van der Waals surface area contributed by atoms with Crippen molar-refractivity contribution in [2.24, 2.45) is 0 Å². The van der Waals surface area contributed by atoms with E-state index in [0.717, 1.165) is 0 Å². The first kappa shape index (κ1) is 10.2. The standard InChI is InChI=1S/C5H7BrClFO2/c1-5(6,3(7)8)4(9)10-2/h3H,1-2H3. The molecule has 0 aliphatic rings. The molecule has 0 aliphatic carbocycles. The van der Waals surface area contributed by atoms with E-state index in [1.54, 1.807) is 0 Å². The van der Waals surface area contributed by atoms with E-state index in [1.807, 2.05) is 0 Å². The van der Waals surface area contributed by atoms with E-state index in [0.29, 0.717) is 0 Å². The minimum absolute atomic E-state index is 0.727. The molecule has 0 aliphatic heterocycles. The molecule has 0 heterocycles. The van der Waals surface area contributed by atoms with Crippen LogP contribution in [-0.2, 0) is 9.53 Å². The highest BCUT2D eigenvalue weighted by atomic mass is 79.9. The van der Waals surface area contributed by atoms with Crippen molar-refractivity contribution in [2.45, 2.75) is 16.9 Å². The van der Waals surface area contributed by atoms with Crippen LogP contribution in [0.5, 0.6) is 0 Å². The van der Waals surface area contributed by atoms with Gasteiger partial charge in [0.05, 0.1) is 7.11 Å². The maximum Gasteiger partial charge on any atom is 0.326 e. The Bertz CT molecular complexity index is 138. The summed E-state index contributed by atoms with van der Waals surface area (Å²) in [4.78, 5) is 10.7. The Morgan fingerprint density at radius 3 is 2.40 bits per heavy atom. The summed E-state index contributed by atoms with van der Waals surface area (Å²) in [6.07, 6.45) is 0. The second kappa shape index (κ2) is 3.53. The van der Waals surface area contributed by atoms with Crippen LogP contribution < -0.4 is 0 Å². The third-order valence-corrected chi connectivity index (χ3v) is 2.42. The lowest BCUT2D eigenvalue weighted by molar-refractivity contribution is -0.143. The van der Waals surface area contributed by atoms with Gasteiger partial charge in [0.15, 0.2) is 9.96 Å². The molecule has 0 aromatic rings. The van der Waals surface area contributed by atoms with Crippen LogP contribution in [0.3, 0.4) is 0 Å². The second-order valence-electron chi connectivity index (χ2n) is 1.87. The van der Waals surface area contributed by atoms with Crippen molar-refractivity contribution in [3.8, 4) is 0 Å². The van der Waals surface area contributed by atoms with Crippen LogP contribution in [0.25, 0.3) is 0 Å². The van der Waals surface area contributed by atoms with Gasteiger partial charge in [-0.25, -0.2) is 4.39 Å². The molecule has 0 radical (unpaired) electrons.